The van der Waals surface area contributed by atoms with Crippen LogP contribution in [0.3, 0.4) is 0 Å². The summed E-state index contributed by atoms with van der Waals surface area (Å²) in [6.45, 7) is 4.06. The summed E-state index contributed by atoms with van der Waals surface area (Å²) in [4.78, 5) is 13.8. The van der Waals surface area contributed by atoms with Crippen molar-refractivity contribution in [3.05, 3.63) is 28.5 Å². The molecule has 0 bridgehead atoms. The van der Waals surface area contributed by atoms with E-state index in [0.717, 1.165) is 13.1 Å². The molecule has 6 heteroatoms. The highest BCUT2D eigenvalue weighted by atomic mass is 79.9. The minimum absolute atomic E-state index is 0.0966. The van der Waals surface area contributed by atoms with Gasteiger partial charge >= 0.3 is 0 Å². The number of carbonyl (C=O) groups excluding carboxylic acids is 1. The molecular weight excluding hydrogens is 315 g/mol. The minimum Gasteiger partial charge on any atom is -0.481 e. The van der Waals surface area contributed by atoms with Crippen molar-refractivity contribution in [2.75, 3.05) is 26.2 Å². The number of benzene rings is 1. The van der Waals surface area contributed by atoms with E-state index in [1.165, 1.54) is 12.1 Å². The number of nitrogens with one attached hydrogen (secondary N) is 1. The molecule has 1 saturated heterocycles. The fourth-order valence-electron chi connectivity index (χ4n) is 2.03. The Balaban J connectivity index is 1.92. The molecule has 1 unspecified atom stereocenters. The molecule has 0 radical (unpaired) electrons. The van der Waals surface area contributed by atoms with Crippen LogP contribution in [0.4, 0.5) is 4.39 Å². The molecule has 1 N–H and O–H groups in total. The van der Waals surface area contributed by atoms with Crippen molar-refractivity contribution >= 4 is 21.8 Å². The van der Waals surface area contributed by atoms with Gasteiger partial charge in [0.1, 0.15) is 0 Å². The lowest BCUT2D eigenvalue weighted by atomic mass is 10.2. The molecular formula is C13H16BrFN2O2. The van der Waals surface area contributed by atoms with E-state index in [9.17, 15) is 9.18 Å². The Morgan fingerprint density at radius 1 is 1.63 bits per heavy atom. The maximum absolute atomic E-state index is 13.5. The molecule has 1 aromatic carbocycles. The summed E-state index contributed by atoms with van der Waals surface area (Å²) in [5.41, 5.74) is 0. The van der Waals surface area contributed by atoms with Crippen LogP contribution in [0.2, 0.25) is 0 Å². The summed E-state index contributed by atoms with van der Waals surface area (Å²) in [6.07, 6.45) is 0. The molecule has 0 aliphatic carbocycles. The highest BCUT2D eigenvalue weighted by Gasteiger charge is 2.23. The van der Waals surface area contributed by atoms with Gasteiger partial charge in [-0.3, -0.25) is 4.79 Å². The molecule has 4 nitrogen and oxygen atoms in total. The predicted molar refractivity (Wildman–Crippen MR) is 73.6 cm³/mol. The number of halogens is 2. The second kappa shape index (κ2) is 6.34. The van der Waals surface area contributed by atoms with Crippen LogP contribution in [-0.2, 0) is 4.79 Å². The SMILES string of the molecule is CC1CNCCN1C(=O)COc1ccc(Br)cc1F. The van der Waals surface area contributed by atoms with Crippen molar-refractivity contribution in [1.29, 1.82) is 0 Å². The average Bonchev–Trinajstić information content (AvgIpc) is 2.38. The minimum atomic E-state index is -0.476. The molecule has 104 valence electrons. The van der Waals surface area contributed by atoms with Gasteiger partial charge in [0.05, 0.1) is 0 Å². The van der Waals surface area contributed by atoms with Gasteiger partial charge in [0.25, 0.3) is 5.91 Å². The standard InChI is InChI=1S/C13H16BrFN2O2/c1-9-7-16-4-5-17(9)13(18)8-19-12-3-2-10(14)6-11(12)15/h2-3,6,9,16H,4-5,7-8H2,1H3. The molecule has 0 aromatic heterocycles. The van der Waals surface area contributed by atoms with E-state index in [1.807, 2.05) is 6.92 Å². The highest BCUT2D eigenvalue weighted by molar-refractivity contribution is 9.10. The lowest BCUT2D eigenvalue weighted by Gasteiger charge is -2.33. The number of ether oxygens (including phenoxy) is 1. The number of hydrogen-bond donors (Lipinski definition) is 1. The number of nitrogens with zero attached hydrogens (tertiary/aromatic N) is 1. The van der Waals surface area contributed by atoms with Crippen LogP contribution >= 0.6 is 15.9 Å². The van der Waals surface area contributed by atoms with E-state index in [0.29, 0.717) is 11.0 Å². The third-order valence-electron chi connectivity index (χ3n) is 3.07. The average molecular weight is 331 g/mol. The van der Waals surface area contributed by atoms with Gasteiger partial charge in [-0.15, -0.1) is 0 Å². The van der Waals surface area contributed by atoms with Gasteiger partial charge in [-0.05, 0) is 25.1 Å². The van der Waals surface area contributed by atoms with Crippen LogP contribution in [-0.4, -0.2) is 43.1 Å². The number of piperazine rings is 1. The van der Waals surface area contributed by atoms with E-state index in [-0.39, 0.29) is 24.3 Å². The predicted octanol–water partition coefficient (Wildman–Crippen LogP) is 1.79. The van der Waals surface area contributed by atoms with Gasteiger partial charge in [-0.1, -0.05) is 15.9 Å². The molecule has 1 aliphatic rings. The second-order valence-electron chi connectivity index (χ2n) is 4.50. The molecule has 0 spiro atoms. The Kier molecular flexibility index (Phi) is 4.76. The summed E-state index contributed by atoms with van der Waals surface area (Å²) >= 11 is 3.17. The van der Waals surface area contributed by atoms with Crippen LogP contribution in [0.25, 0.3) is 0 Å². The monoisotopic (exact) mass is 330 g/mol. The molecule has 1 amide bonds. The quantitative estimate of drug-likeness (QED) is 0.918. The lowest BCUT2D eigenvalue weighted by molar-refractivity contribution is -0.136. The van der Waals surface area contributed by atoms with Crippen molar-refractivity contribution in [3.8, 4) is 5.75 Å². The molecule has 19 heavy (non-hydrogen) atoms. The van der Waals surface area contributed by atoms with E-state index in [1.54, 1.807) is 11.0 Å². The second-order valence-corrected chi connectivity index (χ2v) is 5.42. The number of rotatable bonds is 3. The molecule has 2 rings (SSSR count). The van der Waals surface area contributed by atoms with Crippen molar-refractivity contribution < 1.29 is 13.9 Å². The fraction of sp³-hybridized carbons (Fsp3) is 0.462. The number of hydrogen-bond acceptors (Lipinski definition) is 3. The summed E-state index contributed by atoms with van der Waals surface area (Å²) in [5, 5.41) is 3.21. The molecule has 1 aliphatic heterocycles. The first-order valence-electron chi connectivity index (χ1n) is 6.16. The van der Waals surface area contributed by atoms with Gasteiger partial charge in [0.2, 0.25) is 0 Å². The third kappa shape index (κ3) is 3.67. The Bertz CT molecular complexity index is 470. The topological polar surface area (TPSA) is 41.6 Å². The summed E-state index contributed by atoms with van der Waals surface area (Å²) in [7, 11) is 0. The van der Waals surface area contributed by atoms with Gasteiger partial charge < -0.3 is 15.0 Å². The largest absolute Gasteiger partial charge is 0.481 e. The van der Waals surface area contributed by atoms with Crippen molar-refractivity contribution in [2.45, 2.75) is 13.0 Å². The van der Waals surface area contributed by atoms with Crippen molar-refractivity contribution in [1.82, 2.24) is 10.2 Å². The normalized spacial score (nSPS) is 19.3. The Hall–Kier alpha value is -1.14. The maximum Gasteiger partial charge on any atom is 0.260 e. The number of amides is 1. The van der Waals surface area contributed by atoms with E-state index < -0.39 is 5.82 Å². The van der Waals surface area contributed by atoms with Crippen molar-refractivity contribution in [3.63, 3.8) is 0 Å². The van der Waals surface area contributed by atoms with Crippen LogP contribution in [0.1, 0.15) is 6.92 Å². The zero-order chi connectivity index (χ0) is 13.8. The molecule has 1 fully saturated rings. The zero-order valence-corrected chi connectivity index (χ0v) is 12.2. The first kappa shape index (κ1) is 14.3. The van der Waals surface area contributed by atoms with E-state index >= 15 is 0 Å². The molecule has 1 atom stereocenters. The summed E-state index contributed by atoms with van der Waals surface area (Å²) < 4.78 is 19.4. The summed E-state index contributed by atoms with van der Waals surface area (Å²) in [5.74, 6) is -0.494. The zero-order valence-electron chi connectivity index (χ0n) is 10.7. The van der Waals surface area contributed by atoms with E-state index in [4.69, 9.17) is 4.74 Å². The molecule has 1 aromatic rings. The van der Waals surface area contributed by atoms with E-state index in [2.05, 4.69) is 21.2 Å². The Morgan fingerprint density at radius 2 is 2.42 bits per heavy atom. The Labute approximate surface area is 120 Å². The number of carbonyl (C=O) groups is 1. The smallest absolute Gasteiger partial charge is 0.260 e. The van der Waals surface area contributed by atoms with Crippen LogP contribution < -0.4 is 10.1 Å². The first-order chi connectivity index (χ1) is 9.08. The Morgan fingerprint density at radius 3 is 3.11 bits per heavy atom. The van der Waals surface area contributed by atoms with Gasteiger partial charge in [0.15, 0.2) is 18.2 Å². The van der Waals surface area contributed by atoms with Crippen LogP contribution in [0, 0.1) is 5.82 Å². The van der Waals surface area contributed by atoms with Gasteiger partial charge in [0, 0.05) is 30.1 Å². The third-order valence-corrected chi connectivity index (χ3v) is 3.56. The van der Waals surface area contributed by atoms with Crippen LogP contribution in [0.5, 0.6) is 5.75 Å². The van der Waals surface area contributed by atoms with Crippen LogP contribution in [0.15, 0.2) is 22.7 Å². The highest BCUT2D eigenvalue weighted by Crippen LogP contribution is 2.21. The fourth-order valence-corrected chi connectivity index (χ4v) is 2.36. The molecule has 1 heterocycles. The maximum atomic E-state index is 13.5. The summed E-state index contributed by atoms with van der Waals surface area (Å²) in [6, 6.07) is 4.64. The van der Waals surface area contributed by atoms with Gasteiger partial charge in [-0.2, -0.15) is 0 Å². The van der Waals surface area contributed by atoms with Gasteiger partial charge in [-0.25, -0.2) is 4.39 Å². The lowest BCUT2D eigenvalue weighted by Crippen LogP contribution is -2.53. The van der Waals surface area contributed by atoms with Crippen molar-refractivity contribution in [2.24, 2.45) is 0 Å². The first-order valence-corrected chi connectivity index (χ1v) is 6.95. The molecule has 0 saturated carbocycles.